The number of benzene rings is 3. The van der Waals surface area contributed by atoms with Crippen molar-refractivity contribution in [2.45, 2.75) is 13.8 Å². The number of ketones is 1. The Balaban J connectivity index is 1.58. The molecule has 0 radical (unpaired) electrons. The first kappa shape index (κ1) is 18.4. The Morgan fingerprint density at radius 3 is 1.70 bits per heavy atom. The van der Waals surface area contributed by atoms with Crippen molar-refractivity contribution in [1.29, 1.82) is 0 Å². The number of carbonyl (C=O) groups excluding carboxylic acids is 2. The normalized spacial score (nSPS) is 10.3. The molecule has 0 saturated carbocycles. The summed E-state index contributed by atoms with van der Waals surface area (Å²) in [6.45, 7) is 3.89. The predicted molar refractivity (Wildman–Crippen MR) is 104 cm³/mol. The molecule has 0 aromatic heterocycles. The van der Waals surface area contributed by atoms with Crippen LogP contribution < -0.4 is 9.47 Å². The van der Waals surface area contributed by atoms with Gasteiger partial charge in [-0.3, -0.25) is 4.79 Å². The quantitative estimate of drug-likeness (QED) is 0.360. The molecule has 0 aliphatic carbocycles. The molecule has 0 unspecified atom stereocenters. The lowest BCUT2D eigenvalue weighted by Crippen LogP contribution is -2.13. The second-order valence-electron chi connectivity index (χ2n) is 6.30. The molecule has 0 fully saturated rings. The highest BCUT2D eigenvalue weighted by atomic mass is 16.5. The Morgan fingerprint density at radius 1 is 0.667 bits per heavy atom. The molecule has 0 N–H and O–H groups in total. The molecule has 4 heteroatoms. The fraction of sp³-hybridized carbons (Fsp3) is 0.130. The van der Waals surface area contributed by atoms with Crippen LogP contribution in [0, 0.1) is 13.8 Å². The molecule has 3 rings (SSSR count). The molecular formula is C23H20O4. The molecule has 0 saturated heterocycles. The maximum atomic E-state index is 12.2. The van der Waals surface area contributed by atoms with Gasteiger partial charge in [-0.25, -0.2) is 4.79 Å². The third-order valence-corrected chi connectivity index (χ3v) is 4.07. The molecule has 136 valence electrons. The van der Waals surface area contributed by atoms with Gasteiger partial charge in [0, 0.05) is 5.56 Å². The second kappa shape index (κ2) is 8.32. The largest absolute Gasteiger partial charge is 0.485 e. The summed E-state index contributed by atoms with van der Waals surface area (Å²) in [5.74, 6) is 0.507. The summed E-state index contributed by atoms with van der Waals surface area (Å²) < 4.78 is 10.8. The number of ether oxygens (including phenoxy) is 2. The summed E-state index contributed by atoms with van der Waals surface area (Å²) in [4.78, 5) is 24.4. The molecule has 0 amide bonds. The van der Waals surface area contributed by atoms with Crippen LogP contribution in [0.2, 0.25) is 0 Å². The van der Waals surface area contributed by atoms with E-state index in [-0.39, 0.29) is 12.4 Å². The van der Waals surface area contributed by atoms with Crippen LogP contribution in [-0.2, 0) is 0 Å². The summed E-state index contributed by atoms with van der Waals surface area (Å²) in [6.07, 6.45) is 0. The van der Waals surface area contributed by atoms with Crippen LogP contribution in [-0.4, -0.2) is 18.4 Å². The van der Waals surface area contributed by atoms with Gasteiger partial charge in [-0.2, -0.15) is 0 Å². The van der Waals surface area contributed by atoms with Gasteiger partial charge in [0.2, 0.25) is 0 Å². The standard InChI is InChI=1S/C23H20O4/c1-16-3-11-20(12-4-16)26-15-22(24)18-7-9-19(10-8-18)23(25)27-21-13-5-17(2)6-14-21/h3-14H,15H2,1-2H3. The Bertz CT molecular complexity index is 924. The third-order valence-electron chi connectivity index (χ3n) is 4.07. The van der Waals surface area contributed by atoms with E-state index < -0.39 is 5.97 Å². The minimum absolute atomic E-state index is 0.0593. The Morgan fingerprint density at radius 2 is 1.15 bits per heavy atom. The number of hydrogen-bond donors (Lipinski definition) is 0. The van der Waals surface area contributed by atoms with Gasteiger partial charge in [0.05, 0.1) is 5.56 Å². The highest BCUT2D eigenvalue weighted by molar-refractivity contribution is 5.98. The van der Waals surface area contributed by atoms with Crippen molar-refractivity contribution in [3.63, 3.8) is 0 Å². The van der Waals surface area contributed by atoms with E-state index in [0.29, 0.717) is 22.6 Å². The van der Waals surface area contributed by atoms with Crippen molar-refractivity contribution < 1.29 is 19.1 Å². The van der Waals surface area contributed by atoms with E-state index in [0.717, 1.165) is 11.1 Å². The first-order chi connectivity index (χ1) is 13.0. The fourth-order valence-electron chi connectivity index (χ4n) is 2.43. The van der Waals surface area contributed by atoms with Crippen LogP contribution in [0.3, 0.4) is 0 Å². The van der Waals surface area contributed by atoms with Gasteiger partial charge in [-0.1, -0.05) is 47.5 Å². The van der Waals surface area contributed by atoms with Crippen LogP contribution in [0.15, 0.2) is 72.8 Å². The zero-order valence-electron chi connectivity index (χ0n) is 15.3. The molecule has 0 spiro atoms. The number of esters is 1. The van der Waals surface area contributed by atoms with Crippen LogP contribution >= 0.6 is 0 Å². The highest BCUT2D eigenvalue weighted by Crippen LogP contribution is 2.15. The van der Waals surface area contributed by atoms with E-state index in [2.05, 4.69) is 0 Å². The average molecular weight is 360 g/mol. The van der Waals surface area contributed by atoms with Crippen LogP contribution in [0.25, 0.3) is 0 Å². The van der Waals surface area contributed by atoms with Crippen molar-refractivity contribution >= 4 is 11.8 Å². The monoisotopic (exact) mass is 360 g/mol. The maximum absolute atomic E-state index is 12.2. The lowest BCUT2D eigenvalue weighted by atomic mass is 10.1. The predicted octanol–water partition coefficient (Wildman–Crippen LogP) is 4.78. The van der Waals surface area contributed by atoms with Gasteiger partial charge in [-0.05, 0) is 50.2 Å². The van der Waals surface area contributed by atoms with E-state index in [1.54, 1.807) is 36.4 Å². The smallest absolute Gasteiger partial charge is 0.343 e. The van der Waals surface area contributed by atoms with E-state index >= 15 is 0 Å². The van der Waals surface area contributed by atoms with E-state index in [1.165, 1.54) is 0 Å². The molecule has 27 heavy (non-hydrogen) atoms. The SMILES string of the molecule is Cc1ccc(OCC(=O)c2ccc(C(=O)Oc3ccc(C)cc3)cc2)cc1. The van der Waals surface area contributed by atoms with E-state index in [4.69, 9.17) is 9.47 Å². The zero-order valence-corrected chi connectivity index (χ0v) is 15.3. The molecule has 0 heterocycles. The minimum Gasteiger partial charge on any atom is -0.485 e. The summed E-state index contributed by atoms with van der Waals surface area (Å²) in [5.41, 5.74) is 3.08. The molecule has 0 bridgehead atoms. The minimum atomic E-state index is -0.464. The Hall–Kier alpha value is -3.40. The Kier molecular flexibility index (Phi) is 5.67. The van der Waals surface area contributed by atoms with Gasteiger partial charge in [-0.15, -0.1) is 0 Å². The molecule has 0 aliphatic rings. The van der Waals surface area contributed by atoms with E-state index in [1.807, 2.05) is 50.2 Å². The van der Waals surface area contributed by atoms with Crippen LogP contribution in [0.5, 0.6) is 11.5 Å². The van der Waals surface area contributed by atoms with Crippen LogP contribution in [0.4, 0.5) is 0 Å². The van der Waals surface area contributed by atoms with Crippen molar-refractivity contribution in [1.82, 2.24) is 0 Å². The number of aryl methyl sites for hydroxylation is 2. The van der Waals surface area contributed by atoms with Gasteiger partial charge in [0.15, 0.2) is 12.4 Å². The first-order valence-electron chi connectivity index (χ1n) is 8.63. The summed E-state index contributed by atoms with van der Waals surface area (Å²) in [6, 6.07) is 21.1. The van der Waals surface area contributed by atoms with Crippen molar-refractivity contribution in [3.05, 3.63) is 95.1 Å². The first-order valence-corrected chi connectivity index (χ1v) is 8.63. The molecule has 0 atom stereocenters. The number of hydrogen-bond acceptors (Lipinski definition) is 4. The summed E-state index contributed by atoms with van der Waals surface area (Å²) in [7, 11) is 0. The average Bonchev–Trinajstić information content (AvgIpc) is 2.69. The van der Waals surface area contributed by atoms with Gasteiger partial charge < -0.3 is 9.47 Å². The van der Waals surface area contributed by atoms with Crippen molar-refractivity contribution in [2.75, 3.05) is 6.61 Å². The van der Waals surface area contributed by atoms with Gasteiger partial charge in [0.25, 0.3) is 0 Å². The second-order valence-corrected chi connectivity index (χ2v) is 6.30. The lowest BCUT2D eigenvalue weighted by molar-refractivity contribution is 0.0734. The van der Waals surface area contributed by atoms with Gasteiger partial charge >= 0.3 is 5.97 Å². The molecule has 3 aromatic rings. The Labute approximate surface area is 158 Å². The lowest BCUT2D eigenvalue weighted by Gasteiger charge is -2.07. The highest BCUT2D eigenvalue weighted by Gasteiger charge is 2.11. The topological polar surface area (TPSA) is 52.6 Å². The van der Waals surface area contributed by atoms with Crippen molar-refractivity contribution in [2.24, 2.45) is 0 Å². The zero-order chi connectivity index (χ0) is 19.2. The van der Waals surface area contributed by atoms with Crippen LogP contribution in [0.1, 0.15) is 31.8 Å². The maximum Gasteiger partial charge on any atom is 0.343 e. The number of Topliss-reactive ketones (excluding diaryl/α,β-unsaturated/α-hetero) is 1. The fourth-order valence-corrected chi connectivity index (χ4v) is 2.43. The van der Waals surface area contributed by atoms with Crippen molar-refractivity contribution in [3.8, 4) is 11.5 Å². The number of carbonyl (C=O) groups is 2. The molecule has 4 nitrogen and oxygen atoms in total. The number of rotatable bonds is 6. The third kappa shape index (κ3) is 5.05. The molecular weight excluding hydrogens is 340 g/mol. The summed E-state index contributed by atoms with van der Waals surface area (Å²) in [5, 5.41) is 0. The molecule has 0 aliphatic heterocycles. The summed E-state index contributed by atoms with van der Waals surface area (Å²) >= 11 is 0. The molecule has 3 aromatic carbocycles. The van der Waals surface area contributed by atoms with E-state index in [9.17, 15) is 9.59 Å². The van der Waals surface area contributed by atoms with Gasteiger partial charge in [0.1, 0.15) is 11.5 Å².